The second kappa shape index (κ2) is 8.17. The van der Waals surface area contributed by atoms with Gasteiger partial charge in [0.25, 0.3) is 5.91 Å². The summed E-state index contributed by atoms with van der Waals surface area (Å²) in [5, 5.41) is 10.7. The molecule has 1 amide bonds. The van der Waals surface area contributed by atoms with Crippen LogP contribution in [0.2, 0.25) is 0 Å². The topological polar surface area (TPSA) is 64.1 Å². The Hall–Kier alpha value is -2.94. The van der Waals surface area contributed by atoms with Gasteiger partial charge in [0, 0.05) is 6.42 Å². The van der Waals surface area contributed by atoms with Crippen molar-refractivity contribution < 1.29 is 22.7 Å². The Balaban J connectivity index is 1.58. The molecule has 3 rings (SSSR count). The third-order valence-corrected chi connectivity index (χ3v) is 4.44. The minimum absolute atomic E-state index is 0.120. The molecule has 3 aromatic rings. The third kappa shape index (κ3) is 4.62. The molecule has 1 N–H and O–H groups in total. The molecule has 1 heterocycles. The quantitative estimate of drug-likeness (QED) is 0.640. The molecule has 0 fully saturated rings. The van der Waals surface area contributed by atoms with Crippen molar-refractivity contribution in [2.75, 3.05) is 11.9 Å². The Kier molecular flexibility index (Phi) is 5.70. The zero-order valence-electron chi connectivity index (χ0n) is 14.1. The minimum atomic E-state index is -1.70. The molecular formula is C18H14F3N3O2S. The fourth-order valence-electron chi connectivity index (χ4n) is 2.23. The van der Waals surface area contributed by atoms with E-state index >= 15 is 0 Å². The van der Waals surface area contributed by atoms with E-state index in [0.29, 0.717) is 24.1 Å². The first-order chi connectivity index (χ1) is 12.9. The molecule has 0 saturated heterocycles. The number of carbonyl (C=O) groups excluding carboxylic acids is 1. The molecule has 0 bridgehead atoms. The number of benzene rings is 2. The van der Waals surface area contributed by atoms with Gasteiger partial charge >= 0.3 is 0 Å². The first-order valence-corrected chi connectivity index (χ1v) is 8.72. The largest absolute Gasteiger partial charge is 0.493 e. The van der Waals surface area contributed by atoms with Gasteiger partial charge in [-0.3, -0.25) is 10.1 Å². The molecule has 140 valence electrons. The number of nitrogens with zero attached hydrogens (tertiary/aromatic N) is 2. The summed E-state index contributed by atoms with van der Waals surface area (Å²) in [6.07, 6.45) is 0.459. The maximum atomic E-state index is 13.7. The molecule has 0 saturated carbocycles. The van der Waals surface area contributed by atoms with Gasteiger partial charge in [-0.1, -0.05) is 23.5 Å². The van der Waals surface area contributed by atoms with Gasteiger partial charge in [-0.2, -0.15) is 0 Å². The summed E-state index contributed by atoms with van der Waals surface area (Å²) >= 11 is 1.08. The second-order valence-corrected chi connectivity index (χ2v) is 6.66. The summed E-state index contributed by atoms with van der Waals surface area (Å²) in [7, 11) is 0. The van der Waals surface area contributed by atoms with E-state index < -0.39 is 28.9 Å². The van der Waals surface area contributed by atoms with Crippen molar-refractivity contribution in [2.24, 2.45) is 0 Å². The average molecular weight is 393 g/mol. The maximum absolute atomic E-state index is 13.7. The van der Waals surface area contributed by atoms with E-state index in [1.807, 2.05) is 31.2 Å². The highest BCUT2D eigenvalue weighted by Gasteiger charge is 2.20. The fraction of sp³-hybridized carbons (Fsp3) is 0.167. The normalized spacial score (nSPS) is 10.7. The molecular weight excluding hydrogens is 379 g/mol. The lowest BCUT2D eigenvalue weighted by Gasteiger charge is -2.05. The number of aryl methyl sites for hydroxylation is 1. The number of carbonyl (C=O) groups is 1. The van der Waals surface area contributed by atoms with Crippen molar-refractivity contribution in [3.05, 3.63) is 70.0 Å². The zero-order valence-corrected chi connectivity index (χ0v) is 14.9. The van der Waals surface area contributed by atoms with Gasteiger partial charge < -0.3 is 4.74 Å². The van der Waals surface area contributed by atoms with Gasteiger partial charge in [0.2, 0.25) is 5.13 Å². The number of aromatic nitrogens is 2. The highest BCUT2D eigenvalue weighted by atomic mass is 32.1. The molecule has 0 aliphatic heterocycles. The molecule has 0 radical (unpaired) electrons. The summed E-state index contributed by atoms with van der Waals surface area (Å²) in [6.45, 7) is 2.33. The number of rotatable bonds is 6. The van der Waals surface area contributed by atoms with Crippen LogP contribution in [0.25, 0.3) is 0 Å². The number of nitrogens with one attached hydrogen (secondary N) is 1. The van der Waals surface area contributed by atoms with E-state index in [9.17, 15) is 18.0 Å². The van der Waals surface area contributed by atoms with Crippen LogP contribution in [0.3, 0.4) is 0 Å². The van der Waals surface area contributed by atoms with Gasteiger partial charge in [0.05, 0.1) is 12.2 Å². The van der Waals surface area contributed by atoms with Crippen molar-refractivity contribution >= 4 is 22.4 Å². The predicted octanol–water partition coefficient (Wildman–Crippen LogP) is 4.14. The summed E-state index contributed by atoms with van der Waals surface area (Å²) in [6, 6.07) is 9.14. The highest BCUT2D eigenvalue weighted by Crippen LogP contribution is 2.20. The van der Waals surface area contributed by atoms with Crippen LogP contribution in [0.15, 0.2) is 36.4 Å². The Morgan fingerprint density at radius 2 is 1.96 bits per heavy atom. The summed E-state index contributed by atoms with van der Waals surface area (Å²) in [4.78, 5) is 12.0. The molecule has 9 heteroatoms. The van der Waals surface area contributed by atoms with Gasteiger partial charge in [0.1, 0.15) is 10.8 Å². The SMILES string of the molecule is Cc1cccc(OCCc2nnc(NC(=O)c3ccc(F)c(F)c3F)s2)c1. The first kappa shape index (κ1) is 18.8. The fourth-order valence-corrected chi connectivity index (χ4v) is 2.95. The van der Waals surface area contributed by atoms with E-state index in [-0.39, 0.29) is 5.13 Å². The van der Waals surface area contributed by atoms with Crippen LogP contribution in [0.5, 0.6) is 5.75 Å². The lowest BCUT2D eigenvalue weighted by atomic mass is 10.2. The first-order valence-electron chi connectivity index (χ1n) is 7.90. The minimum Gasteiger partial charge on any atom is -0.493 e. The molecule has 1 aromatic heterocycles. The van der Waals surface area contributed by atoms with Gasteiger partial charge in [0.15, 0.2) is 17.5 Å². The lowest BCUT2D eigenvalue weighted by molar-refractivity contribution is 0.102. The highest BCUT2D eigenvalue weighted by molar-refractivity contribution is 7.15. The van der Waals surface area contributed by atoms with Crippen LogP contribution < -0.4 is 10.1 Å². The van der Waals surface area contributed by atoms with Crippen LogP contribution in [0.1, 0.15) is 20.9 Å². The van der Waals surface area contributed by atoms with E-state index in [1.54, 1.807) is 0 Å². The van der Waals surface area contributed by atoms with Crippen molar-refractivity contribution in [1.82, 2.24) is 10.2 Å². The van der Waals surface area contributed by atoms with Crippen molar-refractivity contribution in [1.29, 1.82) is 0 Å². The van der Waals surface area contributed by atoms with Crippen molar-refractivity contribution in [3.63, 3.8) is 0 Å². The van der Waals surface area contributed by atoms with Gasteiger partial charge in [-0.25, -0.2) is 13.2 Å². The third-order valence-electron chi connectivity index (χ3n) is 3.54. The maximum Gasteiger partial charge on any atom is 0.260 e. The summed E-state index contributed by atoms with van der Waals surface area (Å²) in [5.74, 6) is -4.82. The standard InChI is InChI=1S/C18H14F3N3O2S/c1-10-3-2-4-11(9-10)26-8-7-14-23-24-18(27-14)22-17(25)12-5-6-13(19)16(21)15(12)20/h2-6,9H,7-8H2,1H3,(H,22,24,25). The number of hydrogen-bond acceptors (Lipinski definition) is 5. The van der Waals surface area contributed by atoms with Gasteiger partial charge in [-0.05, 0) is 36.8 Å². The predicted molar refractivity (Wildman–Crippen MR) is 94.6 cm³/mol. The summed E-state index contributed by atoms with van der Waals surface area (Å²) in [5.41, 5.74) is 0.464. The molecule has 0 atom stereocenters. The van der Waals surface area contributed by atoms with Crippen LogP contribution in [0, 0.1) is 24.4 Å². The zero-order chi connectivity index (χ0) is 19.4. The number of amides is 1. The second-order valence-electron chi connectivity index (χ2n) is 5.59. The van der Waals surface area contributed by atoms with Crippen molar-refractivity contribution in [3.8, 4) is 5.75 Å². The Morgan fingerprint density at radius 1 is 1.15 bits per heavy atom. The number of ether oxygens (including phenoxy) is 1. The monoisotopic (exact) mass is 393 g/mol. The molecule has 5 nitrogen and oxygen atoms in total. The van der Waals surface area contributed by atoms with Crippen LogP contribution in [0.4, 0.5) is 18.3 Å². The Bertz CT molecular complexity index is 978. The summed E-state index contributed by atoms with van der Waals surface area (Å²) < 4.78 is 45.4. The molecule has 0 unspecified atom stereocenters. The van der Waals surface area contributed by atoms with Crippen molar-refractivity contribution in [2.45, 2.75) is 13.3 Å². The molecule has 0 aliphatic rings. The van der Waals surface area contributed by atoms with Crippen LogP contribution in [-0.4, -0.2) is 22.7 Å². The average Bonchev–Trinajstić information content (AvgIpc) is 3.07. The van der Waals surface area contributed by atoms with Crippen LogP contribution >= 0.6 is 11.3 Å². The number of halogens is 3. The molecule has 2 aromatic carbocycles. The van der Waals surface area contributed by atoms with E-state index in [1.165, 1.54) is 0 Å². The van der Waals surface area contributed by atoms with Gasteiger partial charge in [-0.15, -0.1) is 10.2 Å². The number of hydrogen-bond donors (Lipinski definition) is 1. The van der Waals surface area contributed by atoms with E-state index in [0.717, 1.165) is 28.7 Å². The molecule has 0 aliphatic carbocycles. The molecule has 0 spiro atoms. The number of anilines is 1. The van der Waals surface area contributed by atoms with Crippen LogP contribution in [-0.2, 0) is 6.42 Å². The Labute approximate surface area is 156 Å². The lowest BCUT2D eigenvalue weighted by Crippen LogP contribution is -2.15. The Morgan fingerprint density at radius 3 is 2.74 bits per heavy atom. The van der Waals surface area contributed by atoms with E-state index in [2.05, 4.69) is 15.5 Å². The smallest absolute Gasteiger partial charge is 0.260 e. The van der Waals surface area contributed by atoms with E-state index in [4.69, 9.17) is 4.74 Å². The molecule has 27 heavy (non-hydrogen) atoms.